The van der Waals surface area contributed by atoms with E-state index in [1.54, 1.807) is 12.1 Å². The standard InChI is InChI=1S/C18H18N2O4S/c21-25(22,12-17-16-7-3-4-8-18(16)24-20-17)19-10-15-9-13-5-1-2-6-14(13)11-23-15/h1-8,15,19H,9-12H2. The minimum absolute atomic E-state index is 0.168. The fourth-order valence-electron chi connectivity index (χ4n) is 3.03. The first-order valence-corrected chi connectivity index (χ1v) is 9.75. The summed E-state index contributed by atoms with van der Waals surface area (Å²) in [4.78, 5) is 0. The second-order valence-electron chi connectivity index (χ2n) is 6.14. The number of hydrogen-bond donors (Lipinski definition) is 1. The zero-order chi connectivity index (χ0) is 17.3. The van der Waals surface area contributed by atoms with Crippen molar-refractivity contribution in [3.63, 3.8) is 0 Å². The summed E-state index contributed by atoms with van der Waals surface area (Å²) < 4.78 is 38.3. The molecule has 4 rings (SSSR count). The maximum absolute atomic E-state index is 12.4. The number of nitrogens with one attached hydrogen (secondary N) is 1. The molecule has 0 bridgehead atoms. The Labute approximate surface area is 145 Å². The summed E-state index contributed by atoms with van der Waals surface area (Å²) >= 11 is 0. The van der Waals surface area contributed by atoms with Crippen LogP contribution in [-0.2, 0) is 33.5 Å². The minimum Gasteiger partial charge on any atom is -0.372 e. The van der Waals surface area contributed by atoms with Crippen LogP contribution in [0.3, 0.4) is 0 Å². The van der Waals surface area contributed by atoms with Crippen LogP contribution in [0, 0.1) is 0 Å². The Bertz CT molecular complexity index is 997. The van der Waals surface area contributed by atoms with E-state index in [1.807, 2.05) is 30.3 Å². The maximum atomic E-state index is 12.4. The molecule has 0 radical (unpaired) electrons. The summed E-state index contributed by atoms with van der Waals surface area (Å²) in [5, 5.41) is 4.60. The van der Waals surface area contributed by atoms with Gasteiger partial charge in [-0.05, 0) is 23.3 Å². The molecular weight excluding hydrogens is 340 g/mol. The predicted octanol–water partition coefficient (Wildman–Crippen LogP) is 2.39. The molecule has 3 aromatic rings. The molecule has 1 aliphatic rings. The van der Waals surface area contributed by atoms with Gasteiger partial charge in [0.1, 0.15) is 11.4 Å². The van der Waals surface area contributed by atoms with Crippen molar-refractivity contribution in [1.82, 2.24) is 9.88 Å². The molecule has 1 aromatic heterocycles. The second kappa shape index (κ2) is 6.59. The molecule has 0 aliphatic carbocycles. The molecule has 0 amide bonds. The van der Waals surface area contributed by atoms with Crippen molar-refractivity contribution in [1.29, 1.82) is 0 Å². The largest absolute Gasteiger partial charge is 0.372 e. The molecule has 0 fully saturated rings. The summed E-state index contributed by atoms with van der Waals surface area (Å²) in [5.41, 5.74) is 3.37. The molecule has 1 atom stereocenters. The van der Waals surface area contributed by atoms with Crippen LogP contribution in [0.2, 0.25) is 0 Å². The van der Waals surface area contributed by atoms with Crippen LogP contribution in [0.4, 0.5) is 0 Å². The fraction of sp³-hybridized carbons (Fsp3) is 0.278. The van der Waals surface area contributed by atoms with E-state index >= 15 is 0 Å². The van der Waals surface area contributed by atoms with Gasteiger partial charge < -0.3 is 9.26 Å². The normalized spacial score (nSPS) is 17.5. The first-order valence-electron chi connectivity index (χ1n) is 8.10. The number of rotatable bonds is 5. The van der Waals surface area contributed by atoms with E-state index in [9.17, 15) is 8.42 Å². The summed E-state index contributed by atoms with van der Waals surface area (Å²) in [7, 11) is -3.53. The molecule has 1 N–H and O–H groups in total. The van der Waals surface area contributed by atoms with Crippen molar-refractivity contribution in [3.05, 3.63) is 65.4 Å². The maximum Gasteiger partial charge on any atom is 0.217 e. The third kappa shape index (κ3) is 3.58. The zero-order valence-electron chi connectivity index (χ0n) is 13.5. The van der Waals surface area contributed by atoms with Crippen molar-refractivity contribution in [2.75, 3.05) is 6.54 Å². The van der Waals surface area contributed by atoms with Crippen molar-refractivity contribution in [3.8, 4) is 0 Å². The monoisotopic (exact) mass is 358 g/mol. The fourth-order valence-corrected chi connectivity index (χ4v) is 4.14. The zero-order valence-corrected chi connectivity index (χ0v) is 14.3. The SMILES string of the molecule is O=S(=O)(Cc1noc2ccccc12)NCC1Cc2ccccc2CO1. The van der Waals surface area contributed by atoms with Crippen LogP contribution in [0.25, 0.3) is 11.0 Å². The first kappa shape index (κ1) is 16.3. The quantitative estimate of drug-likeness (QED) is 0.757. The average molecular weight is 358 g/mol. The van der Waals surface area contributed by atoms with E-state index in [2.05, 4.69) is 15.9 Å². The van der Waals surface area contributed by atoms with Gasteiger partial charge in [-0.25, -0.2) is 13.1 Å². The average Bonchev–Trinajstić information content (AvgIpc) is 3.02. The number of para-hydroxylation sites is 1. The molecule has 2 heterocycles. The number of hydrogen-bond acceptors (Lipinski definition) is 5. The number of nitrogens with zero attached hydrogens (tertiary/aromatic N) is 1. The van der Waals surface area contributed by atoms with Crippen LogP contribution in [-0.4, -0.2) is 26.2 Å². The Kier molecular flexibility index (Phi) is 4.29. The molecule has 0 spiro atoms. The highest BCUT2D eigenvalue weighted by Crippen LogP contribution is 2.21. The van der Waals surface area contributed by atoms with E-state index in [0.717, 1.165) is 10.9 Å². The molecule has 2 aromatic carbocycles. The molecule has 25 heavy (non-hydrogen) atoms. The Morgan fingerprint density at radius 1 is 1.08 bits per heavy atom. The van der Waals surface area contributed by atoms with Crippen LogP contribution in [0.5, 0.6) is 0 Å². The highest BCUT2D eigenvalue weighted by Gasteiger charge is 2.22. The topological polar surface area (TPSA) is 81.4 Å². The van der Waals surface area contributed by atoms with E-state index < -0.39 is 10.0 Å². The van der Waals surface area contributed by atoms with Gasteiger partial charge in [0.2, 0.25) is 10.0 Å². The lowest BCUT2D eigenvalue weighted by molar-refractivity contribution is 0.0322. The number of aromatic nitrogens is 1. The number of benzene rings is 2. The molecule has 130 valence electrons. The summed E-state index contributed by atoms with van der Waals surface area (Å²) in [5.74, 6) is -0.215. The Hall–Kier alpha value is -2.22. The smallest absolute Gasteiger partial charge is 0.217 e. The summed E-state index contributed by atoms with van der Waals surface area (Å²) in [6, 6.07) is 15.3. The van der Waals surface area contributed by atoms with Gasteiger partial charge in [0.25, 0.3) is 0 Å². The van der Waals surface area contributed by atoms with Crippen LogP contribution >= 0.6 is 0 Å². The van der Waals surface area contributed by atoms with Gasteiger partial charge in [0, 0.05) is 18.4 Å². The number of ether oxygens (including phenoxy) is 1. The van der Waals surface area contributed by atoms with Gasteiger partial charge in [-0.15, -0.1) is 0 Å². The molecule has 1 unspecified atom stereocenters. The van der Waals surface area contributed by atoms with Gasteiger partial charge in [-0.3, -0.25) is 0 Å². The van der Waals surface area contributed by atoms with E-state index in [4.69, 9.17) is 9.26 Å². The van der Waals surface area contributed by atoms with E-state index in [-0.39, 0.29) is 18.4 Å². The number of fused-ring (bicyclic) bond motifs is 2. The van der Waals surface area contributed by atoms with Crippen LogP contribution in [0.1, 0.15) is 16.8 Å². The van der Waals surface area contributed by atoms with E-state index in [0.29, 0.717) is 24.3 Å². The predicted molar refractivity (Wildman–Crippen MR) is 93.4 cm³/mol. The Balaban J connectivity index is 1.41. The minimum atomic E-state index is -3.53. The lowest BCUT2D eigenvalue weighted by atomic mass is 9.99. The third-order valence-electron chi connectivity index (χ3n) is 4.35. The van der Waals surface area contributed by atoms with Crippen LogP contribution < -0.4 is 4.72 Å². The molecule has 1 aliphatic heterocycles. The summed E-state index contributed by atoms with van der Waals surface area (Å²) in [6.45, 7) is 0.753. The van der Waals surface area contributed by atoms with Gasteiger partial charge in [-0.2, -0.15) is 0 Å². The molecule has 6 nitrogen and oxygen atoms in total. The van der Waals surface area contributed by atoms with Crippen LogP contribution in [0.15, 0.2) is 53.1 Å². The van der Waals surface area contributed by atoms with Crippen molar-refractivity contribution >= 4 is 21.0 Å². The van der Waals surface area contributed by atoms with Gasteiger partial charge in [0.05, 0.1) is 12.7 Å². The second-order valence-corrected chi connectivity index (χ2v) is 7.95. The van der Waals surface area contributed by atoms with Crippen molar-refractivity contribution in [2.24, 2.45) is 0 Å². The Morgan fingerprint density at radius 2 is 1.84 bits per heavy atom. The highest BCUT2D eigenvalue weighted by atomic mass is 32.2. The van der Waals surface area contributed by atoms with E-state index in [1.165, 1.54) is 5.56 Å². The highest BCUT2D eigenvalue weighted by molar-refractivity contribution is 7.88. The summed E-state index contributed by atoms with van der Waals surface area (Å²) in [6.07, 6.45) is 0.532. The number of sulfonamides is 1. The third-order valence-corrected chi connectivity index (χ3v) is 5.61. The first-order chi connectivity index (χ1) is 12.1. The molecular formula is C18H18N2O4S. The molecule has 0 saturated carbocycles. The Morgan fingerprint density at radius 3 is 2.72 bits per heavy atom. The lowest BCUT2D eigenvalue weighted by Crippen LogP contribution is -2.37. The van der Waals surface area contributed by atoms with Gasteiger partial charge >= 0.3 is 0 Å². The van der Waals surface area contributed by atoms with Gasteiger partial charge in [0.15, 0.2) is 5.58 Å². The lowest BCUT2D eigenvalue weighted by Gasteiger charge is -2.25. The molecule has 7 heteroatoms. The van der Waals surface area contributed by atoms with Crippen molar-refractivity contribution < 1.29 is 17.7 Å². The van der Waals surface area contributed by atoms with Gasteiger partial charge in [-0.1, -0.05) is 41.6 Å². The molecule has 0 saturated heterocycles. The van der Waals surface area contributed by atoms with Crippen molar-refractivity contribution in [2.45, 2.75) is 24.9 Å².